The van der Waals surface area contributed by atoms with Crippen molar-refractivity contribution in [2.45, 2.75) is 25.1 Å². The lowest BCUT2D eigenvalue weighted by Gasteiger charge is -2.25. The highest BCUT2D eigenvalue weighted by atomic mass is 32.2. The molecule has 2 aromatic rings. The third kappa shape index (κ3) is 3.00. The quantitative estimate of drug-likeness (QED) is 0.813. The molecule has 0 saturated carbocycles. The standard InChI is InChI=1S/C15H19N3O2S/c1-10(2)9-21-15-17-16-14(18(15)3)13-8-19-11-6-4-5-7-12(11)20-13/h4-7,10,13H,8-9H2,1-3H3. The van der Waals surface area contributed by atoms with Crippen LogP contribution in [0.1, 0.15) is 25.8 Å². The largest absolute Gasteiger partial charge is 0.485 e. The Balaban J connectivity index is 1.76. The second-order valence-corrected chi connectivity index (χ2v) is 6.46. The predicted octanol–water partition coefficient (Wildman–Crippen LogP) is 3.08. The van der Waals surface area contributed by atoms with E-state index >= 15 is 0 Å². The highest BCUT2D eigenvalue weighted by molar-refractivity contribution is 7.99. The van der Waals surface area contributed by atoms with Gasteiger partial charge in [0.15, 0.2) is 28.6 Å². The first-order valence-electron chi connectivity index (χ1n) is 7.05. The molecule has 0 saturated heterocycles. The second kappa shape index (κ2) is 5.97. The topological polar surface area (TPSA) is 49.2 Å². The average Bonchev–Trinajstić information content (AvgIpc) is 2.85. The van der Waals surface area contributed by atoms with Crippen molar-refractivity contribution in [3.8, 4) is 11.5 Å². The summed E-state index contributed by atoms with van der Waals surface area (Å²) in [7, 11) is 1.97. The van der Waals surface area contributed by atoms with Gasteiger partial charge in [0.2, 0.25) is 0 Å². The minimum Gasteiger partial charge on any atom is -0.485 e. The Hall–Kier alpha value is -1.69. The molecule has 1 aromatic heterocycles. The summed E-state index contributed by atoms with van der Waals surface area (Å²) in [6.07, 6.45) is -0.217. The molecule has 1 aliphatic heterocycles. The number of benzene rings is 1. The molecule has 21 heavy (non-hydrogen) atoms. The minimum atomic E-state index is -0.217. The van der Waals surface area contributed by atoms with Gasteiger partial charge in [0.25, 0.3) is 0 Å². The Bertz CT molecular complexity index is 627. The van der Waals surface area contributed by atoms with Crippen LogP contribution in [0.3, 0.4) is 0 Å². The van der Waals surface area contributed by atoms with E-state index in [4.69, 9.17) is 9.47 Å². The molecule has 5 nitrogen and oxygen atoms in total. The van der Waals surface area contributed by atoms with Crippen LogP contribution in [-0.4, -0.2) is 27.1 Å². The Morgan fingerprint density at radius 3 is 2.81 bits per heavy atom. The molecule has 1 aromatic carbocycles. The van der Waals surface area contributed by atoms with E-state index in [2.05, 4.69) is 24.0 Å². The fourth-order valence-electron chi connectivity index (χ4n) is 2.12. The van der Waals surface area contributed by atoms with Gasteiger partial charge < -0.3 is 14.0 Å². The maximum absolute atomic E-state index is 5.98. The van der Waals surface area contributed by atoms with E-state index in [1.54, 1.807) is 11.8 Å². The predicted molar refractivity (Wildman–Crippen MR) is 81.9 cm³/mol. The molecular weight excluding hydrogens is 286 g/mol. The molecule has 0 aliphatic carbocycles. The molecule has 0 radical (unpaired) electrons. The van der Waals surface area contributed by atoms with Crippen LogP contribution in [0, 0.1) is 5.92 Å². The van der Waals surface area contributed by atoms with Gasteiger partial charge in [-0.25, -0.2) is 0 Å². The molecule has 0 N–H and O–H groups in total. The number of thioether (sulfide) groups is 1. The first kappa shape index (κ1) is 14.3. The molecule has 0 spiro atoms. The van der Waals surface area contributed by atoms with Crippen LogP contribution in [0.15, 0.2) is 29.4 Å². The van der Waals surface area contributed by atoms with E-state index in [1.807, 2.05) is 35.9 Å². The van der Waals surface area contributed by atoms with E-state index in [9.17, 15) is 0 Å². The molecule has 1 atom stereocenters. The van der Waals surface area contributed by atoms with Crippen molar-refractivity contribution < 1.29 is 9.47 Å². The maximum Gasteiger partial charge on any atom is 0.192 e. The van der Waals surface area contributed by atoms with Crippen LogP contribution in [0.25, 0.3) is 0 Å². The number of nitrogens with zero attached hydrogens (tertiary/aromatic N) is 3. The lowest BCUT2D eigenvalue weighted by atomic mass is 10.2. The average molecular weight is 305 g/mol. The van der Waals surface area contributed by atoms with E-state index < -0.39 is 0 Å². The number of fused-ring (bicyclic) bond motifs is 1. The zero-order chi connectivity index (χ0) is 14.8. The normalized spacial score (nSPS) is 17.2. The van der Waals surface area contributed by atoms with Crippen LogP contribution in [0.4, 0.5) is 0 Å². The molecule has 0 amide bonds. The highest BCUT2D eigenvalue weighted by Gasteiger charge is 2.27. The van der Waals surface area contributed by atoms with Gasteiger partial charge in [-0.2, -0.15) is 0 Å². The van der Waals surface area contributed by atoms with Gasteiger partial charge in [-0.05, 0) is 18.1 Å². The SMILES string of the molecule is CC(C)CSc1nnc(C2COc3ccccc3O2)n1C. The van der Waals surface area contributed by atoms with Crippen molar-refractivity contribution in [3.05, 3.63) is 30.1 Å². The Morgan fingerprint density at radius 1 is 1.29 bits per heavy atom. The fraction of sp³-hybridized carbons (Fsp3) is 0.467. The Labute approximate surface area is 128 Å². The molecular formula is C15H19N3O2S. The second-order valence-electron chi connectivity index (χ2n) is 5.47. The van der Waals surface area contributed by atoms with Crippen molar-refractivity contribution >= 4 is 11.8 Å². The Kier molecular flexibility index (Phi) is 4.05. The van der Waals surface area contributed by atoms with Crippen molar-refractivity contribution in [1.82, 2.24) is 14.8 Å². The summed E-state index contributed by atoms with van der Waals surface area (Å²) in [6, 6.07) is 7.69. The van der Waals surface area contributed by atoms with E-state index in [1.165, 1.54) is 0 Å². The number of ether oxygens (including phenoxy) is 2. The monoisotopic (exact) mass is 305 g/mol. The molecule has 1 aliphatic rings. The molecule has 0 fully saturated rings. The molecule has 3 rings (SSSR count). The van der Waals surface area contributed by atoms with Crippen LogP contribution in [-0.2, 0) is 7.05 Å². The van der Waals surface area contributed by atoms with Crippen LogP contribution in [0.5, 0.6) is 11.5 Å². The van der Waals surface area contributed by atoms with E-state index in [0.717, 1.165) is 28.2 Å². The van der Waals surface area contributed by atoms with Gasteiger partial charge in [-0.3, -0.25) is 0 Å². The lowest BCUT2D eigenvalue weighted by Crippen LogP contribution is -2.24. The summed E-state index contributed by atoms with van der Waals surface area (Å²) in [4.78, 5) is 0. The van der Waals surface area contributed by atoms with E-state index in [-0.39, 0.29) is 6.10 Å². The summed E-state index contributed by atoms with van der Waals surface area (Å²) >= 11 is 1.72. The van der Waals surface area contributed by atoms with Crippen LogP contribution < -0.4 is 9.47 Å². The zero-order valence-electron chi connectivity index (χ0n) is 12.4. The van der Waals surface area contributed by atoms with Gasteiger partial charge in [0, 0.05) is 12.8 Å². The summed E-state index contributed by atoms with van der Waals surface area (Å²) < 4.78 is 13.7. The number of aromatic nitrogens is 3. The van der Waals surface area contributed by atoms with E-state index in [0.29, 0.717) is 12.5 Å². The zero-order valence-corrected chi connectivity index (χ0v) is 13.3. The van der Waals surface area contributed by atoms with Gasteiger partial charge in [-0.15, -0.1) is 10.2 Å². The van der Waals surface area contributed by atoms with Crippen molar-refractivity contribution in [2.24, 2.45) is 13.0 Å². The third-order valence-electron chi connectivity index (χ3n) is 3.21. The molecule has 1 unspecified atom stereocenters. The fourth-order valence-corrected chi connectivity index (χ4v) is 2.99. The number of hydrogen-bond donors (Lipinski definition) is 0. The summed E-state index contributed by atoms with van der Waals surface area (Å²) in [5.74, 6) is 3.99. The first-order chi connectivity index (χ1) is 10.1. The summed E-state index contributed by atoms with van der Waals surface area (Å²) in [5, 5.41) is 9.45. The number of hydrogen-bond acceptors (Lipinski definition) is 5. The van der Waals surface area contributed by atoms with Crippen molar-refractivity contribution in [3.63, 3.8) is 0 Å². The molecule has 6 heteroatoms. The third-order valence-corrected chi connectivity index (χ3v) is 4.66. The minimum absolute atomic E-state index is 0.217. The molecule has 112 valence electrons. The lowest BCUT2D eigenvalue weighted by molar-refractivity contribution is 0.0825. The molecule has 0 bridgehead atoms. The number of para-hydroxylation sites is 2. The Morgan fingerprint density at radius 2 is 2.05 bits per heavy atom. The maximum atomic E-state index is 5.98. The van der Waals surface area contributed by atoms with Crippen molar-refractivity contribution in [2.75, 3.05) is 12.4 Å². The first-order valence-corrected chi connectivity index (χ1v) is 8.04. The van der Waals surface area contributed by atoms with Crippen LogP contribution in [0.2, 0.25) is 0 Å². The van der Waals surface area contributed by atoms with Gasteiger partial charge in [-0.1, -0.05) is 37.7 Å². The number of rotatable bonds is 4. The molecule has 2 heterocycles. The van der Waals surface area contributed by atoms with Gasteiger partial charge in [0.05, 0.1) is 0 Å². The smallest absolute Gasteiger partial charge is 0.192 e. The van der Waals surface area contributed by atoms with Crippen molar-refractivity contribution in [1.29, 1.82) is 0 Å². The van der Waals surface area contributed by atoms with Gasteiger partial charge in [0.1, 0.15) is 6.61 Å². The summed E-state index contributed by atoms with van der Waals surface area (Å²) in [6.45, 7) is 4.84. The summed E-state index contributed by atoms with van der Waals surface area (Å²) in [5.41, 5.74) is 0. The van der Waals surface area contributed by atoms with Crippen LogP contribution >= 0.6 is 11.8 Å². The highest BCUT2D eigenvalue weighted by Crippen LogP contribution is 2.35. The van der Waals surface area contributed by atoms with Gasteiger partial charge >= 0.3 is 0 Å².